The molecule has 18 heavy (non-hydrogen) atoms. The van der Waals surface area contributed by atoms with Gasteiger partial charge in [-0.1, -0.05) is 6.07 Å². The average molecular weight is 271 g/mol. The van der Waals surface area contributed by atoms with Crippen LogP contribution in [0.2, 0.25) is 0 Å². The Balaban J connectivity index is 2.69. The van der Waals surface area contributed by atoms with Crippen LogP contribution >= 0.6 is 11.8 Å². The maximum Gasteiger partial charge on any atom is 0.340 e. The molecule has 0 N–H and O–H groups in total. The Morgan fingerprint density at radius 3 is 2.78 bits per heavy atom. The lowest BCUT2D eigenvalue weighted by molar-refractivity contribution is 0.0595. The van der Waals surface area contributed by atoms with Crippen LogP contribution in [0.5, 0.6) is 0 Å². The van der Waals surface area contributed by atoms with E-state index in [-0.39, 0.29) is 5.56 Å². The van der Waals surface area contributed by atoms with Gasteiger partial charge in [-0.2, -0.15) is 11.8 Å². The number of nitrogens with zero attached hydrogens (tertiary/aromatic N) is 1. The van der Waals surface area contributed by atoms with E-state index < -0.39 is 11.8 Å². The summed E-state index contributed by atoms with van der Waals surface area (Å²) >= 11 is 1.78. The molecule has 0 bridgehead atoms. The van der Waals surface area contributed by atoms with Crippen LogP contribution in [-0.2, 0) is 11.3 Å². The fraction of sp³-hybridized carbons (Fsp3) is 0.462. The molecule has 1 aromatic rings. The van der Waals surface area contributed by atoms with Crippen molar-refractivity contribution in [2.45, 2.75) is 6.54 Å². The summed E-state index contributed by atoms with van der Waals surface area (Å²) in [5, 5.41) is 0. The fourth-order valence-electron chi connectivity index (χ4n) is 1.57. The summed E-state index contributed by atoms with van der Waals surface area (Å²) in [6, 6.07) is 4.62. The Hall–Kier alpha value is -1.07. The van der Waals surface area contributed by atoms with Crippen molar-refractivity contribution in [2.75, 3.05) is 32.7 Å². The lowest BCUT2D eigenvalue weighted by Crippen LogP contribution is -2.20. The van der Waals surface area contributed by atoms with Gasteiger partial charge in [0.15, 0.2) is 0 Å². The Kier molecular flexibility index (Phi) is 6.15. The third-order valence-corrected chi connectivity index (χ3v) is 3.16. The molecule has 0 aliphatic carbocycles. The predicted octanol–water partition coefficient (Wildman–Crippen LogP) is 2.41. The first-order valence-electron chi connectivity index (χ1n) is 5.62. The molecular formula is C13H18FNO2S. The number of carbonyl (C=O) groups excluding carboxylic acids is 1. The SMILES string of the molecule is COC(=O)c1ccc(CN(C)CCSC)cc1F. The third kappa shape index (κ3) is 4.31. The molecule has 0 spiro atoms. The third-order valence-electron chi connectivity index (χ3n) is 2.57. The van der Waals surface area contributed by atoms with Crippen LogP contribution in [0.15, 0.2) is 18.2 Å². The van der Waals surface area contributed by atoms with E-state index in [1.165, 1.54) is 19.2 Å². The number of hydrogen-bond donors (Lipinski definition) is 0. The van der Waals surface area contributed by atoms with Gasteiger partial charge < -0.3 is 9.64 Å². The first-order valence-corrected chi connectivity index (χ1v) is 7.02. The van der Waals surface area contributed by atoms with Gasteiger partial charge in [-0.25, -0.2) is 9.18 Å². The summed E-state index contributed by atoms with van der Waals surface area (Å²) in [5.74, 6) is -0.133. The number of halogens is 1. The molecule has 0 fully saturated rings. The maximum absolute atomic E-state index is 13.7. The molecule has 1 aromatic carbocycles. The van der Waals surface area contributed by atoms with Gasteiger partial charge in [0.2, 0.25) is 0 Å². The normalized spacial score (nSPS) is 10.7. The van der Waals surface area contributed by atoms with Crippen molar-refractivity contribution in [1.29, 1.82) is 0 Å². The number of esters is 1. The van der Waals surface area contributed by atoms with Gasteiger partial charge in [-0.3, -0.25) is 0 Å². The van der Waals surface area contributed by atoms with Gasteiger partial charge in [0, 0.05) is 18.8 Å². The summed E-state index contributed by atoms with van der Waals surface area (Å²) in [5.41, 5.74) is 0.830. The molecule has 0 saturated carbocycles. The number of methoxy groups -OCH3 is 1. The minimum Gasteiger partial charge on any atom is -0.465 e. The molecular weight excluding hydrogens is 253 g/mol. The van der Waals surface area contributed by atoms with E-state index in [9.17, 15) is 9.18 Å². The molecule has 0 atom stereocenters. The molecule has 0 amide bonds. The molecule has 100 valence electrons. The Morgan fingerprint density at radius 2 is 2.22 bits per heavy atom. The summed E-state index contributed by atoms with van der Waals surface area (Å²) in [4.78, 5) is 13.3. The van der Waals surface area contributed by atoms with Crippen molar-refractivity contribution in [3.63, 3.8) is 0 Å². The number of rotatable bonds is 6. The van der Waals surface area contributed by atoms with E-state index in [2.05, 4.69) is 15.9 Å². The van der Waals surface area contributed by atoms with E-state index in [0.29, 0.717) is 6.54 Å². The highest BCUT2D eigenvalue weighted by molar-refractivity contribution is 7.98. The highest BCUT2D eigenvalue weighted by Crippen LogP contribution is 2.13. The van der Waals surface area contributed by atoms with Gasteiger partial charge >= 0.3 is 5.97 Å². The minimum absolute atomic E-state index is 0.0204. The highest BCUT2D eigenvalue weighted by atomic mass is 32.2. The summed E-state index contributed by atoms with van der Waals surface area (Å²) in [6.07, 6.45) is 2.05. The summed E-state index contributed by atoms with van der Waals surface area (Å²) in [7, 11) is 3.23. The summed E-state index contributed by atoms with van der Waals surface area (Å²) in [6.45, 7) is 1.61. The molecule has 3 nitrogen and oxygen atoms in total. The second kappa shape index (κ2) is 7.38. The molecule has 0 aliphatic rings. The van der Waals surface area contributed by atoms with Crippen molar-refractivity contribution in [3.8, 4) is 0 Å². The molecule has 5 heteroatoms. The van der Waals surface area contributed by atoms with Crippen LogP contribution in [-0.4, -0.2) is 43.6 Å². The number of ether oxygens (including phenoxy) is 1. The lowest BCUT2D eigenvalue weighted by Gasteiger charge is -2.16. The fourth-order valence-corrected chi connectivity index (χ4v) is 2.06. The number of hydrogen-bond acceptors (Lipinski definition) is 4. The number of benzene rings is 1. The van der Waals surface area contributed by atoms with Crippen LogP contribution in [0.4, 0.5) is 4.39 Å². The Bertz CT molecular complexity index is 412. The van der Waals surface area contributed by atoms with E-state index in [4.69, 9.17) is 0 Å². The minimum atomic E-state index is -0.644. The lowest BCUT2D eigenvalue weighted by atomic mass is 10.1. The Morgan fingerprint density at radius 1 is 1.50 bits per heavy atom. The zero-order valence-corrected chi connectivity index (χ0v) is 11.7. The van der Waals surface area contributed by atoms with E-state index in [1.807, 2.05) is 7.05 Å². The largest absolute Gasteiger partial charge is 0.465 e. The zero-order valence-electron chi connectivity index (χ0n) is 10.9. The Labute approximate surface area is 111 Å². The van der Waals surface area contributed by atoms with E-state index in [1.54, 1.807) is 17.8 Å². The van der Waals surface area contributed by atoms with Crippen LogP contribution in [0, 0.1) is 5.82 Å². The average Bonchev–Trinajstić information content (AvgIpc) is 2.35. The van der Waals surface area contributed by atoms with Crippen molar-refractivity contribution in [3.05, 3.63) is 35.1 Å². The van der Waals surface area contributed by atoms with Crippen LogP contribution in [0.1, 0.15) is 15.9 Å². The van der Waals surface area contributed by atoms with Crippen LogP contribution in [0.25, 0.3) is 0 Å². The monoisotopic (exact) mass is 271 g/mol. The van der Waals surface area contributed by atoms with E-state index >= 15 is 0 Å². The first-order chi connectivity index (χ1) is 8.58. The molecule has 0 radical (unpaired) electrons. The maximum atomic E-state index is 13.7. The topological polar surface area (TPSA) is 29.5 Å². The molecule has 0 aromatic heterocycles. The molecule has 0 aliphatic heterocycles. The van der Waals surface area contributed by atoms with Gasteiger partial charge in [0.25, 0.3) is 0 Å². The highest BCUT2D eigenvalue weighted by Gasteiger charge is 2.12. The number of thioether (sulfide) groups is 1. The smallest absolute Gasteiger partial charge is 0.340 e. The molecule has 0 saturated heterocycles. The quantitative estimate of drug-likeness (QED) is 0.743. The van der Waals surface area contributed by atoms with Crippen molar-refractivity contribution in [1.82, 2.24) is 4.90 Å². The van der Waals surface area contributed by atoms with Crippen molar-refractivity contribution >= 4 is 17.7 Å². The second-order valence-electron chi connectivity index (χ2n) is 4.04. The first kappa shape index (κ1) is 15.0. The van der Waals surface area contributed by atoms with Gasteiger partial charge in [0.1, 0.15) is 5.82 Å². The molecule has 0 heterocycles. The second-order valence-corrected chi connectivity index (χ2v) is 5.02. The van der Waals surface area contributed by atoms with Gasteiger partial charge in [0.05, 0.1) is 12.7 Å². The number of carbonyl (C=O) groups is 1. The summed E-state index contributed by atoms with van der Waals surface area (Å²) < 4.78 is 18.2. The molecule has 0 unspecified atom stereocenters. The zero-order chi connectivity index (χ0) is 13.5. The van der Waals surface area contributed by atoms with Crippen LogP contribution < -0.4 is 0 Å². The van der Waals surface area contributed by atoms with E-state index in [0.717, 1.165) is 17.9 Å². The van der Waals surface area contributed by atoms with Gasteiger partial charge in [-0.15, -0.1) is 0 Å². The molecule has 1 rings (SSSR count). The van der Waals surface area contributed by atoms with Crippen molar-refractivity contribution < 1.29 is 13.9 Å². The van der Waals surface area contributed by atoms with Crippen molar-refractivity contribution in [2.24, 2.45) is 0 Å². The predicted molar refractivity (Wildman–Crippen MR) is 72.5 cm³/mol. The van der Waals surface area contributed by atoms with Gasteiger partial charge in [-0.05, 0) is 31.0 Å². The standard InChI is InChI=1S/C13H18FNO2S/c1-15(6-7-18-3)9-10-4-5-11(12(14)8-10)13(16)17-2/h4-5,8H,6-7,9H2,1-3H3. The van der Waals surface area contributed by atoms with Crippen LogP contribution in [0.3, 0.4) is 0 Å².